The number of aromatic nitrogens is 3. The summed E-state index contributed by atoms with van der Waals surface area (Å²) in [6.45, 7) is 0.400. The molecule has 1 saturated heterocycles. The average Bonchev–Trinajstić information content (AvgIpc) is 3.23. The third-order valence-electron chi connectivity index (χ3n) is 4.34. The molecule has 0 bridgehead atoms. The smallest absolute Gasteiger partial charge is 0.245 e. The minimum Gasteiger partial charge on any atom is -0.285 e. The van der Waals surface area contributed by atoms with Gasteiger partial charge >= 0.3 is 0 Å². The van der Waals surface area contributed by atoms with Crippen LogP contribution in [0.25, 0.3) is 5.65 Å². The van der Waals surface area contributed by atoms with Crippen molar-refractivity contribution >= 4 is 38.9 Å². The summed E-state index contributed by atoms with van der Waals surface area (Å²) in [4.78, 5) is 0.0161. The summed E-state index contributed by atoms with van der Waals surface area (Å²) in [7, 11) is -3.80. The van der Waals surface area contributed by atoms with Crippen LogP contribution in [0.4, 0.5) is 0 Å². The Morgan fingerprint density at radius 2 is 1.92 bits per heavy atom. The molecule has 1 atom stereocenters. The Morgan fingerprint density at radius 3 is 2.76 bits per heavy atom. The van der Waals surface area contributed by atoms with Gasteiger partial charge in [-0.15, -0.1) is 10.2 Å². The first-order valence-corrected chi connectivity index (χ1v) is 9.95. The zero-order valence-electron chi connectivity index (χ0n) is 13.0. The third kappa shape index (κ3) is 2.71. The summed E-state index contributed by atoms with van der Waals surface area (Å²) in [5.74, 6) is 0.606. The molecule has 9 heteroatoms. The van der Waals surface area contributed by atoms with E-state index in [4.69, 9.17) is 23.2 Å². The number of pyridine rings is 1. The van der Waals surface area contributed by atoms with Gasteiger partial charge in [0.1, 0.15) is 4.90 Å². The quantitative estimate of drug-likeness (QED) is 0.678. The molecule has 0 saturated carbocycles. The van der Waals surface area contributed by atoms with Gasteiger partial charge in [0.2, 0.25) is 10.0 Å². The highest BCUT2D eigenvalue weighted by atomic mass is 35.5. The van der Waals surface area contributed by atoms with Crippen LogP contribution in [0.3, 0.4) is 0 Å². The fraction of sp³-hybridized carbons (Fsp3) is 0.250. The lowest BCUT2D eigenvalue weighted by Gasteiger charge is -2.23. The highest BCUT2D eigenvalue weighted by molar-refractivity contribution is 7.89. The maximum atomic E-state index is 13.2. The minimum absolute atomic E-state index is 0.0161. The van der Waals surface area contributed by atoms with Crippen LogP contribution >= 0.6 is 23.2 Å². The molecule has 1 aromatic carbocycles. The van der Waals surface area contributed by atoms with Gasteiger partial charge in [0.15, 0.2) is 11.5 Å². The molecule has 6 nitrogen and oxygen atoms in total. The van der Waals surface area contributed by atoms with E-state index < -0.39 is 16.1 Å². The van der Waals surface area contributed by atoms with Crippen molar-refractivity contribution in [2.75, 3.05) is 6.54 Å². The molecule has 1 aliphatic rings. The van der Waals surface area contributed by atoms with E-state index in [9.17, 15) is 8.42 Å². The largest absolute Gasteiger partial charge is 0.285 e. The Balaban J connectivity index is 1.80. The zero-order valence-corrected chi connectivity index (χ0v) is 15.3. The van der Waals surface area contributed by atoms with Crippen molar-refractivity contribution in [3.63, 3.8) is 0 Å². The second kappa shape index (κ2) is 6.25. The van der Waals surface area contributed by atoms with E-state index >= 15 is 0 Å². The first-order chi connectivity index (χ1) is 12.0. The monoisotopic (exact) mass is 396 g/mol. The predicted molar refractivity (Wildman–Crippen MR) is 95.3 cm³/mol. The van der Waals surface area contributed by atoms with Crippen LogP contribution in [-0.2, 0) is 10.0 Å². The number of benzene rings is 1. The lowest BCUT2D eigenvalue weighted by atomic mass is 10.2. The molecular weight excluding hydrogens is 383 g/mol. The van der Waals surface area contributed by atoms with Gasteiger partial charge in [-0.1, -0.05) is 35.3 Å². The van der Waals surface area contributed by atoms with Crippen molar-refractivity contribution in [3.8, 4) is 0 Å². The number of halogens is 2. The molecule has 0 spiro atoms. The lowest BCUT2D eigenvalue weighted by molar-refractivity contribution is 0.381. The molecule has 25 heavy (non-hydrogen) atoms. The fourth-order valence-corrected chi connectivity index (χ4v) is 5.58. The Hall–Kier alpha value is -1.67. The van der Waals surface area contributed by atoms with Crippen LogP contribution in [0.15, 0.2) is 47.5 Å². The minimum atomic E-state index is -3.80. The van der Waals surface area contributed by atoms with Crippen LogP contribution in [0.5, 0.6) is 0 Å². The van der Waals surface area contributed by atoms with Crippen LogP contribution in [-0.4, -0.2) is 33.9 Å². The van der Waals surface area contributed by atoms with E-state index in [-0.39, 0.29) is 14.9 Å². The van der Waals surface area contributed by atoms with Crippen LogP contribution in [0, 0.1) is 0 Å². The molecule has 130 valence electrons. The molecule has 3 heterocycles. The van der Waals surface area contributed by atoms with Crippen molar-refractivity contribution in [1.29, 1.82) is 0 Å². The van der Waals surface area contributed by atoms with Gasteiger partial charge in [-0.25, -0.2) is 8.42 Å². The molecule has 0 radical (unpaired) electrons. The van der Waals surface area contributed by atoms with Crippen LogP contribution < -0.4 is 0 Å². The van der Waals surface area contributed by atoms with Gasteiger partial charge in [-0.3, -0.25) is 4.40 Å². The maximum absolute atomic E-state index is 13.2. The lowest BCUT2D eigenvalue weighted by Crippen LogP contribution is -2.31. The van der Waals surface area contributed by atoms with E-state index in [1.165, 1.54) is 10.4 Å². The van der Waals surface area contributed by atoms with E-state index in [1.54, 1.807) is 12.1 Å². The van der Waals surface area contributed by atoms with Crippen LogP contribution in [0.1, 0.15) is 24.7 Å². The Bertz CT molecular complexity index is 1050. The molecule has 3 aromatic rings. The number of sulfonamides is 1. The first-order valence-electron chi connectivity index (χ1n) is 7.75. The zero-order chi connectivity index (χ0) is 17.6. The van der Waals surface area contributed by atoms with Crippen molar-refractivity contribution < 1.29 is 8.42 Å². The van der Waals surface area contributed by atoms with Crippen molar-refractivity contribution in [1.82, 2.24) is 18.9 Å². The standard InChI is InChI=1S/C16H14Cl2N4O2S/c17-11-5-3-7-13(15(11)18)25(23,24)22-10-4-6-12(22)16-20-19-14-8-1-2-9-21(14)16/h1-3,5,7-9,12H,4,6,10H2/t12-/m1/s1. The number of nitrogens with zero attached hydrogens (tertiary/aromatic N) is 4. The molecular formula is C16H14Cl2N4O2S. The van der Waals surface area contributed by atoms with E-state index in [2.05, 4.69) is 10.2 Å². The molecule has 1 fully saturated rings. The molecule has 0 aliphatic carbocycles. The van der Waals surface area contributed by atoms with E-state index in [0.717, 1.165) is 6.42 Å². The van der Waals surface area contributed by atoms with Gasteiger partial charge in [0.05, 0.1) is 16.1 Å². The number of hydrogen-bond donors (Lipinski definition) is 0. The second-order valence-corrected chi connectivity index (χ2v) is 8.46. The van der Waals surface area contributed by atoms with Crippen molar-refractivity contribution in [3.05, 3.63) is 58.5 Å². The second-order valence-electron chi connectivity index (χ2n) is 5.81. The number of hydrogen-bond acceptors (Lipinski definition) is 4. The number of fused-ring (bicyclic) bond motifs is 1. The van der Waals surface area contributed by atoms with E-state index in [1.807, 2.05) is 28.8 Å². The highest BCUT2D eigenvalue weighted by Gasteiger charge is 2.39. The average molecular weight is 397 g/mol. The molecule has 4 rings (SSSR count). The predicted octanol–water partition coefficient (Wildman–Crippen LogP) is 3.56. The van der Waals surface area contributed by atoms with Crippen LogP contribution in [0.2, 0.25) is 10.0 Å². The summed E-state index contributed by atoms with van der Waals surface area (Å²) in [6.07, 6.45) is 3.25. The normalized spacial score (nSPS) is 18.9. The molecule has 0 amide bonds. The first kappa shape index (κ1) is 16.8. The maximum Gasteiger partial charge on any atom is 0.245 e. The SMILES string of the molecule is O=S(=O)(c1cccc(Cl)c1Cl)N1CCC[C@@H]1c1nnc2ccccn12. The summed E-state index contributed by atoms with van der Waals surface area (Å²) in [5.41, 5.74) is 0.683. The third-order valence-corrected chi connectivity index (χ3v) is 7.23. The van der Waals surface area contributed by atoms with Gasteiger partial charge < -0.3 is 0 Å². The Kier molecular flexibility index (Phi) is 4.19. The fourth-order valence-electron chi connectivity index (χ4n) is 3.18. The van der Waals surface area contributed by atoms with Crippen molar-refractivity contribution in [2.24, 2.45) is 0 Å². The Morgan fingerprint density at radius 1 is 1.08 bits per heavy atom. The number of rotatable bonds is 3. The highest BCUT2D eigenvalue weighted by Crippen LogP contribution is 2.39. The van der Waals surface area contributed by atoms with Gasteiger partial charge in [-0.05, 0) is 37.1 Å². The molecule has 0 unspecified atom stereocenters. The molecule has 1 aliphatic heterocycles. The molecule has 0 N–H and O–H groups in total. The topological polar surface area (TPSA) is 67.6 Å². The summed E-state index contributed by atoms with van der Waals surface area (Å²) in [5, 5.41) is 8.61. The summed E-state index contributed by atoms with van der Waals surface area (Å²) >= 11 is 12.2. The summed E-state index contributed by atoms with van der Waals surface area (Å²) < 4.78 is 29.6. The van der Waals surface area contributed by atoms with E-state index in [0.29, 0.717) is 24.4 Å². The van der Waals surface area contributed by atoms with Gasteiger partial charge in [0, 0.05) is 12.7 Å². The Labute approximate surface area is 155 Å². The van der Waals surface area contributed by atoms with Crippen molar-refractivity contribution in [2.45, 2.75) is 23.8 Å². The summed E-state index contributed by atoms with van der Waals surface area (Å²) in [6, 6.07) is 9.79. The van der Waals surface area contributed by atoms with Gasteiger partial charge in [0.25, 0.3) is 0 Å². The van der Waals surface area contributed by atoms with Gasteiger partial charge in [-0.2, -0.15) is 4.31 Å². The molecule has 2 aromatic heterocycles.